The number of carbonyl (C=O) groups is 2. The van der Waals surface area contributed by atoms with Gasteiger partial charge >= 0.3 is 5.97 Å². The van der Waals surface area contributed by atoms with Crippen molar-refractivity contribution in [2.45, 2.75) is 18.9 Å². The van der Waals surface area contributed by atoms with E-state index in [0.717, 1.165) is 6.42 Å². The van der Waals surface area contributed by atoms with Gasteiger partial charge in [0, 0.05) is 23.4 Å². The number of nitrogens with one attached hydrogen (secondary N) is 1. The first kappa shape index (κ1) is 17.7. The Hall–Kier alpha value is -2.08. The Morgan fingerprint density at radius 1 is 1.16 bits per heavy atom. The van der Waals surface area contributed by atoms with Crippen LogP contribution >= 0.6 is 23.2 Å². The van der Waals surface area contributed by atoms with Gasteiger partial charge in [-0.3, -0.25) is 4.79 Å². The van der Waals surface area contributed by atoms with Gasteiger partial charge in [-0.25, -0.2) is 4.79 Å². The summed E-state index contributed by atoms with van der Waals surface area (Å²) in [5, 5.41) is 3.43. The highest BCUT2D eigenvalue weighted by atomic mass is 35.5. The normalized spacial score (nSPS) is 16.5. The van der Waals surface area contributed by atoms with Crippen molar-refractivity contribution >= 4 is 40.8 Å². The molecular formula is C18H15Cl2NO4. The zero-order valence-corrected chi connectivity index (χ0v) is 14.6. The molecule has 1 amide bonds. The number of rotatable bonds is 4. The summed E-state index contributed by atoms with van der Waals surface area (Å²) in [6.45, 7) is 0.588. The van der Waals surface area contributed by atoms with E-state index >= 15 is 0 Å². The Balaban J connectivity index is 1.71. The Morgan fingerprint density at radius 3 is 2.76 bits per heavy atom. The topological polar surface area (TPSA) is 64.6 Å². The van der Waals surface area contributed by atoms with Crippen LogP contribution in [0.25, 0.3) is 0 Å². The lowest BCUT2D eigenvalue weighted by Gasteiger charge is -2.11. The molecule has 5 nitrogen and oxygen atoms in total. The summed E-state index contributed by atoms with van der Waals surface area (Å²) in [4.78, 5) is 24.4. The number of carbonyl (C=O) groups excluding carboxylic acids is 2. The van der Waals surface area contributed by atoms with Gasteiger partial charge in [0.1, 0.15) is 6.10 Å². The monoisotopic (exact) mass is 379 g/mol. The summed E-state index contributed by atoms with van der Waals surface area (Å²) in [7, 11) is 0. The first-order valence-electron chi connectivity index (χ1n) is 7.73. The maximum Gasteiger partial charge on any atom is 0.343 e. The van der Waals surface area contributed by atoms with Crippen LogP contribution in [0, 0.1) is 0 Å². The molecule has 0 unspecified atom stereocenters. The number of hydrogen-bond donors (Lipinski definition) is 1. The van der Waals surface area contributed by atoms with E-state index < -0.39 is 12.1 Å². The minimum absolute atomic E-state index is 0.174. The van der Waals surface area contributed by atoms with E-state index in [1.165, 1.54) is 12.1 Å². The van der Waals surface area contributed by atoms with Crippen molar-refractivity contribution in [2.75, 3.05) is 11.9 Å². The zero-order chi connectivity index (χ0) is 17.8. The second-order valence-corrected chi connectivity index (χ2v) is 6.38. The standard InChI is InChI=1S/C18H15Cl2NO4/c19-12-6-7-14(20)16(10-12)25-18(23)11-3-1-4-13(9-11)21-17(22)15-5-2-8-24-15/h1,3-4,6-7,9-10,15H,2,5,8H2,(H,21,22)/t15-/m1/s1. The highest BCUT2D eigenvalue weighted by molar-refractivity contribution is 6.34. The SMILES string of the molecule is O=C(Oc1cc(Cl)ccc1Cl)c1cccc(NC(=O)[C@H]2CCCO2)c1. The molecule has 0 aliphatic carbocycles. The largest absolute Gasteiger partial charge is 0.421 e. The van der Waals surface area contributed by atoms with Crippen LogP contribution < -0.4 is 10.1 Å². The average molecular weight is 380 g/mol. The average Bonchev–Trinajstić information content (AvgIpc) is 3.13. The molecule has 1 aliphatic rings. The van der Waals surface area contributed by atoms with Crippen molar-refractivity contribution in [1.82, 2.24) is 0 Å². The van der Waals surface area contributed by atoms with Crippen molar-refractivity contribution in [3.63, 3.8) is 0 Å². The van der Waals surface area contributed by atoms with E-state index in [1.54, 1.807) is 30.3 Å². The van der Waals surface area contributed by atoms with Crippen LogP contribution in [0.4, 0.5) is 5.69 Å². The van der Waals surface area contributed by atoms with Crippen LogP contribution in [-0.2, 0) is 9.53 Å². The van der Waals surface area contributed by atoms with E-state index in [0.29, 0.717) is 23.7 Å². The van der Waals surface area contributed by atoms with E-state index in [4.69, 9.17) is 32.7 Å². The molecule has 3 rings (SSSR count). The fourth-order valence-electron chi connectivity index (χ4n) is 2.45. The minimum atomic E-state index is -0.600. The van der Waals surface area contributed by atoms with Crippen LogP contribution in [0.15, 0.2) is 42.5 Å². The fourth-order valence-corrected chi connectivity index (χ4v) is 2.76. The van der Waals surface area contributed by atoms with Crippen molar-refractivity contribution in [2.24, 2.45) is 0 Å². The van der Waals surface area contributed by atoms with Gasteiger partial charge in [0.15, 0.2) is 5.75 Å². The predicted octanol–water partition coefficient (Wildman–Crippen LogP) is 4.33. The molecule has 1 heterocycles. The van der Waals surface area contributed by atoms with E-state index in [1.807, 2.05) is 0 Å². The number of ether oxygens (including phenoxy) is 2. The van der Waals surface area contributed by atoms with Gasteiger partial charge < -0.3 is 14.8 Å². The third-order valence-electron chi connectivity index (χ3n) is 3.68. The summed E-state index contributed by atoms with van der Waals surface area (Å²) in [5.74, 6) is -0.647. The van der Waals surface area contributed by atoms with Gasteiger partial charge in [-0.1, -0.05) is 29.3 Å². The summed E-state index contributed by atoms with van der Waals surface area (Å²) in [6.07, 6.45) is 1.12. The number of anilines is 1. The van der Waals surface area contributed by atoms with Crippen molar-refractivity contribution in [1.29, 1.82) is 0 Å². The molecule has 0 saturated carbocycles. The minimum Gasteiger partial charge on any atom is -0.421 e. The first-order valence-corrected chi connectivity index (χ1v) is 8.48. The molecule has 7 heteroatoms. The highest BCUT2D eigenvalue weighted by Crippen LogP contribution is 2.28. The lowest BCUT2D eigenvalue weighted by molar-refractivity contribution is -0.124. The molecule has 1 N–H and O–H groups in total. The van der Waals surface area contributed by atoms with Crippen LogP contribution in [0.1, 0.15) is 23.2 Å². The Labute approximate surface area is 154 Å². The molecule has 0 bridgehead atoms. The number of hydrogen-bond acceptors (Lipinski definition) is 4. The molecule has 2 aromatic rings. The summed E-state index contributed by atoms with van der Waals surface area (Å²) >= 11 is 11.9. The molecule has 0 spiro atoms. The lowest BCUT2D eigenvalue weighted by atomic mass is 10.2. The van der Waals surface area contributed by atoms with Crippen LogP contribution in [-0.4, -0.2) is 24.6 Å². The smallest absolute Gasteiger partial charge is 0.343 e. The Morgan fingerprint density at radius 2 is 2.00 bits per heavy atom. The number of esters is 1. The summed E-state index contributed by atoms with van der Waals surface area (Å²) in [5.41, 5.74) is 0.772. The zero-order valence-electron chi connectivity index (χ0n) is 13.1. The van der Waals surface area contributed by atoms with E-state index in [-0.39, 0.29) is 22.2 Å². The summed E-state index contributed by atoms with van der Waals surface area (Å²) in [6, 6.07) is 11.1. The third-order valence-corrected chi connectivity index (χ3v) is 4.23. The maximum atomic E-state index is 12.3. The van der Waals surface area contributed by atoms with Gasteiger partial charge in [-0.05, 0) is 43.2 Å². The van der Waals surface area contributed by atoms with Gasteiger partial charge in [0.25, 0.3) is 5.91 Å². The molecular weight excluding hydrogens is 365 g/mol. The molecule has 1 saturated heterocycles. The number of amides is 1. The van der Waals surface area contributed by atoms with Crippen LogP contribution in [0.5, 0.6) is 5.75 Å². The van der Waals surface area contributed by atoms with Crippen LogP contribution in [0.3, 0.4) is 0 Å². The molecule has 130 valence electrons. The molecule has 0 radical (unpaired) electrons. The molecule has 25 heavy (non-hydrogen) atoms. The molecule has 1 fully saturated rings. The fraction of sp³-hybridized carbons (Fsp3) is 0.222. The number of halogens is 2. The van der Waals surface area contributed by atoms with Crippen molar-refractivity contribution in [3.8, 4) is 5.75 Å². The molecule has 2 aromatic carbocycles. The van der Waals surface area contributed by atoms with Crippen LogP contribution in [0.2, 0.25) is 10.0 Å². The van der Waals surface area contributed by atoms with Gasteiger partial charge in [0.05, 0.1) is 10.6 Å². The third kappa shape index (κ3) is 4.51. The van der Waals surface area contributed by atoms with E-state index in [9.17, 15) is 9.59 Å². The van der Waals surface area contributed by atoms with Gasteiger partial charge in [-0.2, -0.15) is 0 Å². The van der Waals surface area contributed by atoms with E-state index in [2.05, 4.69) is 5.32 Å². The van der Waals surface area contributed by atoms with Crippen molar-refractivity contribution < 1.29 is 19.1 Å². The Kier molecular flexibility index (Phi) is 5.58. The van der Waals surface area contributed by atoms with Crippen molar-refractivity contribution in [3.05, 3.63) is 58.1 Å². The molecule has 0 aromatic heterocycles. The van der Waals surface area contributed by atoms with Gasteiger partial charge in [-0.15, -0.1) is 0 Å². The number of benzene rings is 2. The second-order valence-electron chi connectivity index (χ2n) is 5.54. The maximum absolute atomic E-state index is 12.3. The lowest BCUT2D eigenvalue weighted by Crippen LogP contribution is -2.26. The van der Waals surface area contributed by atoms with Gasteiger partial charge in [0.2, 0.25) is 0 Å². The first-order chi connectivity index (χ1) is 12.0. The summed E-state index contributed by atoms with van der Waals surface area (Å²) < 4.78 is 10.6. The quantitative estimate of drug-likeness (QED) is 0.634. The highest BCUT2D eigenvalue weighted by Gasteiger charge is 2.23. The molecule has 1 atom stereocenters. The Bertz CT molecular complexity index is 803. The molecule has 1 aliphatic heterocycles. The second kappa shape index (κ2) is 7.87. The predicted molar refractivity (Wildman–Crippen MR) is 95.5 cm³/mol.